The molecular weight excluding hydrogens is 352 g/mol. The van der Waals surface area contributed by atoms with Crippen LogP contribution >= 0.6 is 0 Å². The predicted octanol–water partition coefficient (Wildman–Crippen LogP) is 4.46. The third kappa shape index (κ3) is 2.80. The number of carbonyl (C=O) groups excluding carboxylic acids is 1. The molecule has 1 aromatic heterocycles. The lowest BCUT2D eigenvalue weighted by atomic mass is 9.94. The molecule has 2 aromatic carbocycles. The van der Waals surface area contributed by atoms with E-state index in [4.69, 9.17) is 9.47 Å². The summed E-state index contributed by atoms with van der Waals surface area (Å²) < 4.78 is 10.8. The number of ether oxygens (including phenoxy) is 2. The maximum atomic E-state index is 13.0. The van der Waals surface area contributed by atoms with Crippen molar-refractivity contribution < 1.29 is 14.3 Å². The summed E-state index contributed by atoms with van der Waals surface area (Å²) in [6.45, 7) is 2.31. The van der Waals surface area contributed by atoms with Gasteiger partial charge in [-0.25, -0.2) is 4.98 Å². The van der Waals surface area contributed by atoms with E-state index in [0.29, 0.717) is 11.6 Å². The maximum Gasteiger partial charge on any atom is 0.236 e. The summed E-state index contributed by atoms with van der Waals surface area (Å²) in [5.41, 5.74) is 3.84. The van der Waals surface area contributed by atoms with Gasteiger partial charge in [0.1, 0.15) is 5.82 Å². The van der Waals surface area contributed by atoms with Gasteiger partial charge >= 0.3 is 0 Å². The number of amides is 1. The number of nitrogens with zero attached hydrogens (tertiary/aromatic N) is 1. The summed E-state index contributed by atoms with van der Waals surface area (Å²) in [6, 6.07) is 17.8. The molecule has 5 rings (SSSR count). The first kappa shape index (κ1) is 16.8. The number of anilines is 1. The first-order valence-corrected chi connectivity index (χ1v) is 9.39. The quantitative estimate of drug-likeness (QED) is 0.735. The third-order valence-corrected chi connectivity index (χ3v) is 5.57. The minimum atomic E-state index is -0.503. The largest absolute Gasteiger partial charge is 0.454 e. The standard InChI is InChI=1S/C23H20N2O3/c1-15-4-2-3-5-18(15)16-6-9-21(24-13-16)25-22(26)23(10-11-23)17-7-8-19-20(12-17)28-14-27-19/h2-9,12-13H,10-11,14H2,1H3,(H,24,25,26). The van der Waals surface area contributed by atoms with E-state index >= 15 is 0 Å². The van der Waals surface area contributed by atoms with Crippen molar-refractivity contribution in [3.8, 4) is 22.6 Å². The van der Waals surface area contributed by atoms with E-state index < -0.39 is 5.41 Å². The lowest BCUT2D eigenvalue weighted by Crippen LogP contribution is -2.28. The lowest BCUT2D eigenvalue weighted by Gasteiger charge is -2.16. The van der Waals surface area contributed by atoms with Crippen molar-refractivity contribution in [1.29, 1.82) is 0 Å². The topological polar surface area (TPSA) is 60.5 Å². The first-order chi connectivity index (χ1) is 13.7. The minimum absolute atomic E-state index is 0.0255. The number of pyridine rings is 1. The number of aryl methyl sites for hydroxylation is 1. The van der Waals surface area contributed by atoms with Gasteiger partial charge in [0, 0.05) is 11.8 Å². The molecule has 2 heterocycles. The SMILES string of the molecule is Cc1ccccc1-c1ccc(NC(=O)C2(c3ccc4c(c3)OCO4)CC2)nc1. The van der Waals surface area contributed by atoms with E-state index in [9.17, 15) is 4.79 Å². The Hall–Kier alpha value is -3.34. The second-order valence-electron chi connectivity index (χ2n) is 7.35. The molecule has 0 bridgehead atoms. The van der Waals surface area contributed by atoms with Crippen molar-refractivity contribution in [3.63, 3.8) is 0 Å². The third-order valence-electron chi connectivity index (χ3n) is 5.57. The predicted molar refractivity (Wildman–Crippen MR) is 107 cm³/mol. The molecule has 1 N–H and O–H groups in total. The van der Waals surface area contributed by atoms with Crippen molar-refractivity contribution in [1.82, 2.24) is 4.98 Å². The molecule has 1 saturated carbocycles. The minimum Gasteiger partial charge on any atom is -0.454 e. The lowest BCUT2D eigenvalue weighted by molar-refractivity contribution is -0.118. The van der Waals surface area contributed by atoms with Crippen LogP contribution in [0.3, 0.4) is 0 Å². The zero-order chi connectivity index (χ0) is 19.1. The summed E-state index contributed by atoms with van der Waals surface area (Å²) in [5, 5.41) is 2.98. The Kier molecular flexibility index (Phi) is 3.83. The first-order valence-electron chi connectivity index (χ1n) is 9.39. The van der Waals surface area contributed by atoms with Crippen LogP contribution in [0, 0.1) is 6.92 Å². The van der Waals surface area contributed by atoms with Crippen molar-refractivity contribution >= 4 is 11.7 Å². The van der Waals surface area contributed by atoms with E-state index in [2.05, 4.69) is 29.4 Å². The van der Waals surface area contributed by atoms with E-state index in [1.54, 1.807) is 6.20 Å². The Morgan fingerprint density at radius 2 is 1.86 bits per heavy atom. The Morgan fingerprint density at radius 1 is 1.04 bits per heavy atom. The van der Waals surface area contributed by atoms with E-state index in [1.165, 1.54) is 5.56 Å². The highest BCUT2D eigenvalue weighted by atomic mass is 16.7. The van der Waals surface area contributed by atoms with Crippen molar-refractivity contribution in [2.45, 2.75) is 25.2 Å². The highest BCUT2D eigenvalue weighted by Gasteiger charge is 2.51. The molecule has 0 atom stereocenters. The van der Waals surface area contributed by atoms with Gasteiger partial charge in [-0.2, -0.15) is 0 Å². The van der Waals surface area contributed by atoms with Crippen molar-refractivity contribution in [2.24, 2.45) is 0 Å². The second-order valence-corrected chi connectivity index (χ2v) is 7.35. The summed E-state index contributed by atoms with van der Waals surface area (Å²) in [4.78, 5) is 17.4. The molecule has 3 aromatic rings. The smallest absolute Gasteiger partial charge is 0.236 e. The van der Waals surface area contributed by atoms with Crippen LogP contribution in [0.4, 0.5) is 5.82 Å². The number of nitrogens with one attached hydrogen (secondary N) is 1. The number of fused-ring (bicyclic) bond motifs is 1. The number of hydrogen-bond acceptors (Lipinski definition) is 4. The van der Waals surface area contributed by atoms with E-state index in [1.807, 2.05) is 42.5 Å². The average Bonchev–Trinajstić information content (AvgIpc) is 3.40. The van der Waals surface area contributed by atoms with Gasteiger partial charge in [-0.15, -0.1) is 0 Å². The molecular formula is C23H20N2O3. The van der Waals surface area contributed by atoms with E-state index in [0.717, 1.165) is 35.3 Å². The number of hydrogen-bond donors (Lipinski definition) is 1. The van der Waals surface area contributed by atoms with Gasteiger partial charge in [0.2, 0.25) is 12.7 Å². The Balaban J connectivity index is 1.35. The molecule has 140 valence electrons. The van der Waals surface area contributed by atoms with E-state index in [-0.39, 0.29) is 12.7 Å². The van der Waals surface area contributed by atoms with Crippen LogP contribution in [-0.4, -0.2) is 17.7 Å². The summed E-state index contributed by atoms with van der Waals surface area (Å²) in [5.74, 6) is 1.97. The van der Waals surface area contributed by atoms with Gasteiger partial charge < -0.3 is 14.8 Å². The molecule has 1 aliphatic heterocycles. The molecule has 1 amide bonds. The van der Waals surface area contributed by atoms with Gasteiger partial charge in [0.25, 0.3) is 0 Å². The van der Waals surface area contributed by atoms with Crippen molar-refractivity contribution in [2.75, 3.05) is 12.1 Å². The Labute approximate surface area is 163 Å². The fourth-order valence-electron chi connectivity index (χ4n) is 3.73. The molecule has 0 saturated heterocycles. The molecule has 1 fully saturated rings. The van der Waals surface area contributed by atoms with Crippen LogP contribution in [0.1, 0.15) is 24.0 Å². The number of carbonyl (C=O) groups is 1. The van der Waals surface area contributed by atoms with Crippen LogP contribution < -0.4 is 14.8 Å². The molecule has 28 heavy (non-hydrogen) atoms. The fourth-order valence-corrected chi connectivity index (χ4v) is 3.73. The van der Waals surface area contributed by atoms with Gasteiger partial charge in [0.05, 0.1) is 5.41 Å². The van der Waals surface area contributed by atoms with Gasteiger partial charge in [0.15, 0.2) is 11.5 Å². The number of benzene rings is 2. The van der Waals surface area contributed by atoms with Crippen molar-refractivity contribution in [3.05, 3.63) is 71.9 Å². The van der Waals surface area contributed by atoms with Crippen LogP contribution in [0.15, 0.2) is 60.8 Å². The van der Waals surface area contributed by atoms with Gasteiger partial charge in [-0.3, -0.25) is 4.79 Å². The fraction of sp³-hybridized carbons (Fsp3) is 0.217. The maximum absolute atomic E-state index is 13.0. The highest BCUT2D eigenvalue weighted by Crippen LogP contribution is 2.51. The van der Waals surface area contributed by atoms with Crippen LogP contribution in [0.5, 0.6) is 11.5 Å². The van der Waals surface area contributed by atoms with Crippen LogP contribution in [0.25, 0.3) is 11.1 Å². The summed E-state index contributed by atoms with van der Waals surface area (Å²) >= 11 is 0. The molecule has 1 aliphatic carbocycles. The van der Waals surface area contributed by atoms with Crippen LogP contribution in [-0.2, 0) is 10.2 Å². The van der Waals surface area contributed by atoms with Gasteiger partial charge in [-0.05, 0) is 60.7 Å². The summed E-state index contributed by atoms with van der Waals surface area (Å²) in [6.07, 6.45) is 3.44. The Bertz CT molecular complexity index is 1060. The molecule has 5 heteroatoms. The molecule has 0 radical (unpaired) electrons. The summed E-state index contributed by atoms with van der Waals surface area (Å²) in [7, 11) is 0. The normalized spacial score (nSPS) is 15.9. The molecule has 5 nitrogen and oxygen atoms in total. The Morgan fingerprint density at radius 3 is 2.61 bits per heavy atom. The number of aromatic nitrogens is 1. The highest BCUT2D eigenvalue weighted by molar-refractivity contribution is 6.01. The monoisotopic (exact) mass is 372 g/mol. The zero-order valence-electron chi connectivity index (χ0n) is 15.6. The second kappa shape index (κ2) is 6.37. The molecule has 0 unspecified atom stereocenters. The molecule has 0 spiro atoms. The molecule has 2 aliphatic rings. The van der Waals surface area contributed by atoms with Gasteiger partial charge in [-0.1, -0.05) is 30.3 Å². The average molecular weight is 372 g/mol. The van der Waals surface area contributed by atoms with Crippen LogP contribution in [0.2, 0.25) is 0 Å². The zero-order valence-corrected chi connectivity index (χ0v) is 15.6. The number of rotatable bonds is 4.